The number of nitrogens with zero attached hydrogens (tertiary/aromatic N) is 4. The number of benzene rings is 6. The molecule has 12 bridgehead atoms. The van der Waals surface area contributed by atoms with Crippen molar-refractivity contribution in [3.8, 4) is 11.4 Å². The fraction of sp³-hybridized carbons (Fsp3) is 0. The second-order valence-corrected chi connectivity index (χ2v) is 11.5. The summed E-state index contributed by atoms with van der Waals surface area (Å²) in [6.07, 6.45) is 4.27. The van der Waals surface area contributed by atoms with E-state index in [9.17, 15) is 0 Å². The molecule has 0 fully saturated rings. The molecule has 9 aromatic rings. The van der Waals surface area contributed by atoms with Crippen molar-refractivity contribution in [2.24, 2.45) is 0 Å². The fourth-order valence-corrected chi connectivity index (χ4v) is 6.31. The minimum absolute atomic E-state index is 0. The third kappa shape index (κ3) is 5.27. The molecule has 0 atom stereocenters. The second-order valence-electron chi connectivity index (χ2n) is 11.5. The van der Waals surface area contributed by atoms with Gasteiger partial charge in [-0.2, -0.15) is 0 Å². The third-order valence-corrected chi connectivity index (χ3v) is 8.60. The summed E-state index contributed by atoms with van der Waals surface area (Å²) < 4.78 is 4.36. The molecule has 47 heavy (non-hydrogen) atoms. The van der Waals surface area contributed by atoms with E-state index in [4.69, 9.17) is 9.97 Å². The molecule has 9 rings (SSSR count). The number of hydrogen-bond acceptors (Lipinski definition) is 2. The van der Waals surface area contributed by atoms with Gasteiger partial charge in [-0.1, -0.05) is 108 Å². The molecule has 226 valence electrons. The summed E-state index contributed by atoms with van der Waals surface area (Å²) in [7, 11) is 0. The van der Waals surface area contributed by atoms with Gasteiger partial charge in [0.1, 0.15) is 5.65 Å². The van der Waals surface area contributed by atoms with E-state index in [1.54, 1.807) is 0 Å². The fourth-order valence-electron chi connectivity index (χ4n) is 6.31. The zero-order valence-electron chi connectivity index (χ0n) is 25.2. The maximum atomic E-state index is 5.25. The van der Waals surface area contributed by atoms with Crippen LogP contribution in [0.3, 0.4) is 0 Å². The van der Waals surface area contributed by atoms with E-state index in [-0.39, 0.29) is 21.1 Å². The molecule has 0 spiro atoms. The van der Waals surface area contributed by atoms with E-state index >= 15 is 0 Å². The standard InChI is InChI=1S/C42H27N4.Pt/c1-3-19-37(20-4-1)45-27-39-33-15-7-11-29(23-33)32-14-10-18-36(26-32)42-44-40(28-46(42)38-21-5-2-6-22-38)34-16-8-12-30(24-34)31-13-9-17-35(25-31)41(45)43-39;/h1-25,27-28H;/q-1;. The SMILES string of the molecule is [Pt].[c-]1c2cccc1c1nc(cn1-c1ccccc1)c1cccc(c1)c1cccc(c1)c1nc(cn1-c1ccccc1)c1cccc2c1. The summed E-state index contributed by atoms with van der Waals surface area (Å²) in [5.74, 6) is 0. The Morgan fingerprint density at radius 2 is 0.830 bits per heavy atom. The van der Waals surface area contributed by atoms with Gasteiger partial charge in [0.05, 0.1) is 16.7 Å². The Balaban J connectivity index is 0.00000324. The molecule has 0 saturated carbocycles. The molecule has 0 amide bonds. The maximum absolute atomic E-state index is 5.25. The smallest absolute Gasteiger partial charge is 0.145 e. The summed E-state index contributed by atoms with van der Waals surface area (Å²) in [5, 5.41) is 8.39. The molecule has 5 heteroatoms. The first kappa shape index (κ1) is 28.9. The van der Waals surface area contributed by atoms with Crippen molar-refractivity contribution < 1.29 is 21.1 Å². The van der Waals surface area contributed by atoms with Crippen molar-refractivity contribution in [1.29, 1.82) is 0 Å². The third-order valence-electron chi connectivity index (χ3n) is 8.60. The first-order chi connectivity index (χ1) is 22.8. The molecule has 0 saturated heterocycles. The van der Waals surface area contributed by atoms with Crippen molar-refractivity contribution in [2.75, 3.05) is 0 Å². The van der Waals surface area contributed by atoms with E-state index in [0.717, 1.165) is 76.8 Å². The molecule has 0 aliphatic heterocycles. The molecule has 4 nitrogen and oxygen atoms in total. The molecular weight excluding hydrogens is 756 g/mol. The van der Waals surface area contributed by atoms with Crippen LogP contribution >= 0.6 is 0 Å². The molecule has 0 aliphatic rings. The van der Waals surface area contributed by atoms with E-state index in [1.807, 2.05) is 12.1 Å². The minimum Gasteiger partial charge on any atom is -0.331 e. The Bertz CT molecular complexity index is 2500. The summed E-state index contributed by atoms with van der Waals surface area (Å²) in [6.45, 7) is 0. The zero-order valence-corrected chi connectivity index (χ0v) is 27.5. The zero-order chi connectivity index (χ0) is 30.5. The van der Waals surface area contributed by atoms with Crippen LogP contribution in [-0.2, 0) is 21.1 Å². The van der Waals surface area contributed by atoms with Gasteiger partial charge >= 0.3 is 0 Å². The van der Waals surface area contributed by atoms with Crippen molar-refractivity contribution >= 4 is 65.4 Å². The predicted molar refractivity (Wildman–Crippen MR) is 191 cm³/mol. The second kappa shape index (κ2) is 12.0. The number of aromatic nitrogens is 4. The number of fused-ring (bicyclic) bond motifs is 18. The Kier molecular flexibility index (Phi) is 7.36. The molecule has 0 unspecified atom stereocenters. The van der Waals surface area contributed by atoms with E-state index in [2.05, 4.69) is 167 Å². The summed E-state index contributed by atoms with van der Waals surface area (Å²) in [4.78, 5) is 10.5. The van der Waals surface area contributed by atoms with Crippen LogP contribution in [0.25, 0.3) is 76.8 Å². The van der Waals surface area contributed by atoms with Crippen LogP contribution in [0.15, 0.2) is 164 Å². The van der Waals surface area contributed by atoms with Crippen LogP contribution in [0.5, 0.6) is 0 Å². The number of hydrogen-bond donors (Lipinski definition) is 0. The van der Waals surface area contributed by atoms with Crippen molar-refractivity contribution in [2.45, 2.75) is 0 Å². The van der Waals surface area contributed by atoms with Crippen molar-refractivity contribution in [1.82, 2.24) is 19.1 Å². The van der Waals surface area contributed by atoms with Crippen LogP contribution in [0, 0.1) is 6.07 Å². The predicted octanol–water partition coefficient (Wildman–Crippen LogP) is 10.5. The maximum Gasteiger partial charge on any atom is 0.145 e. The first-order valence-electron chi connectivity index (χ1n) is 15.4. The molecule has 0 N–H and O–H groups in total. The quantitative estimate of drug-likeness (QED) is 0.164. The van der Waals surface area contributed by atoms with Gasteiger partial charge in [0.2, 0.25) is 0 Å². The number of para-hydroxylation sites is 2. The molecule has 0 radical (unpaired) electrons. The average molecular weight is 783 g/mol. The van der Waals surface area contributed by atoms with Crippen LogP contribution in [-0.4, -0.2) is 19.1 Å². The van der Waals surface area contributed by atoms with Gasteiger partial charge in [0.15, 0.2) is 0 Å². The summed E-state index contributed by atoms with van der Waals surface area (Å²) >= 11 is 0. The van der Waals surface area contributed by atoms with Gasteiger partial charge in [-0.25, -0.2) is 4.98 Å². The van der Waals surface area contributed by atoms with Gasteiger partial charge < -0.3 is 4.57 Å². The monoisotopic (exact) mass is 782 g/mol. The van der Waals surface area contributed by atoms with Crippen LogP contribution in [0.4, 0.5) is 0 Å². The van der Waals surface area contributed by atoms with Gasteiger partial charge in [-0.3, -0.25) is 9.55 Å². The minimum atomic E-state index is 0. The number of rotatable bonds is 2. The first-order valence-corrected chi connectivity index (χ1v) is 15.4. The van der Waals surface area contributed by atoms with Gasteiger partial charge in [0.25, 0.3) is 0 Å². The Labute approximate surface area is 285 Å². The van der Waals surface area contributed by atoms with Crippen molar-refractivity contribution in [3.05, 3.63) is 170 Å². The Hall–Kier alpha value is -5.57. The van der Waals surface area contributed by atoms with Crippen LogP contribution in [0.1, 0.15) is 0 Å². The van der Waals surface area contributed by atoms with Gasteiger partial charge in [-0.15, -0.1) is 29.7 Å². The Morgan fingerprint density at radius 1 is 0.383 bits per heavy atom. The Morgan fingerprint density at radius 3 is 1.47 bits per heavy atom. The molecule has 3 heterocycles. The van der Waals surface area contributed by atoms with E-state index < -0.39 is 0 Å². The van der Waals surface area contributed by atoms with Crippen molar-refractivity contribution in [3.63, 3.8) is 0 Å². The van der Waals surface area contributed by atoms with E-state index in [0.29, 0.717) is 0 Å². The number of imidazole rings is 2. The average Bonchev–Trinajstić information content (AvgIpc) is 3.79. The topological polar surface area (TPSA) is 35.6 Å². The molecule has 6 aromatic carbocycles. The summed E-state index contributed by atoms with van der Waals surface area (Å²) in [6, 6.07) is 56.6. The van der Waals surface area contributed by atoms with Crippen LogP contribution in [0.2, 0.25) is 0 Å². The van der Waals surface area contributed by atoms with Gasteiger partial charge in [-0.05, 0) is 52.6 Å². The summed E-state index contributed by atoms with van der Waals surface area (Å²) in [5.41, 5.74) is 5.68. The van der Waals surface area contributed by atoms with E-state index in [1.165, 1.54) is 0 Å². The largest absolute Gasteiger partial charge is 0.331 e. The normalized spacial score (nSPS) is 11.2. The van der Waals surface area contributed by atoms with Crippen LogP contribution < -0.4 is 0 Å². The van der Waals surface area contributed by atoms with Gasteiger partial charge in [0, 0.05) is 55.6 Å². The molecule has 3 aromatic heterocycles. The molecule has 0 aliphatic carbocycles. The molecular formula is C42H27N4Pt-.